The van der Waals surface area contributed by atoms with Gasteiger partial charge in [0.05, 0.1) is 12.2 Å². The van der Waals surface area contributed by atoms with Gasteiger partial charge in [-0.3, -0.25) is 10.9 Å². The van der Waals surface area contributed by atoms with Crippen molar-refractivity contribution >= 4 is 0 Å². The van der Waals surface area contributed by atoms with Gasteiger partial charge in [0.2, 0.25) is 0 Å². The molecule has 0 saturated heterocycles. The molecule has 2 aromatic rings. The van der Waals surface area contributed by atoms with Crippen LogP contribution in [-0.2, 0) is 0 Å². The SMILES string of the molecule is OC(CNNCC(O)c1ccccc1)c1ccccc1. The van der Waals surface area contributed by atoms with Gasteiger partial charge in [-0.1, -0.05) is 60.7 Å². The summed E-state index contributed by atoms with van der Waals surface area (Å²) in [5.74, 6) is 0. The lowest BCUT2D eigenvalue weighted by Gasteiger charge is -2.15. The Balaban J connectivity index is 1.69. The van der Waals surface area contributed by atoms with Crippen LogP contribution in [0.15, 0.2) is 60.7 Å². The van der Waals surface area contributed by atoms with Crippen LogP contribution in [0.4, 0.5) is 0 Å². The Morgan fingerprint density at radius 2 is 1.00 bits per heavy atom. The van der Waals surface area contributed by atoms with E-state index in [1.54, 1.807) is 0 Å². The predicted octanol–water partition coefficient (Wildman–Crippen LogP) is 1.55. The van der Waals surface area contributed by atoms with Crippen molar-refractivity contribution < 1.29 is 10.2 Å². The van der Waals surface area contributed by atoms with Crippen molar-refractivity contribution in [2.45, 2.75) is 12.2 Å². The second-order valence-electron chi connectivity index (χ2n) is 4.61. The van der Waals surface area contributed by atoms with E-state index in [0.29, 0.717) is 13.1 Å². The van der Waals surface area contributed by atoms with Crippen LogP contribution in [0.5, 0.6) is 0 Å². The van der Waals surface area contributed by atoms with Crippen LogP contribution >= 0.6 is 0 Å². The third kappa shape index (κ3) is 4.43. The molecule has 0 aliphatic heterocycles. The fourth-order valence-corrected chi connectivity index (χ4v) is 1.92. The van der Waals surface area contributed by atoms with Gasteiger partial charge in [-0.15, -0.1) is 0 Å². The Hall–Kier alpha value is -1.72. The van der Waals surface area contributed by atoms with Crippen LogP contribution in [0.25, 0.3) is 0 Å². The van der Waals surface area contributed by atoms with Crippen LogP contribution in [0.3, 0.4) is 0 Å². The van der Waals surface area contributed by atoms with E-state index in [1.807, 2.05) is 60.7 Å². The van der Waals surface area contributed by atoms with Crippen LogP contribution in [0.2, 0.25) is 0 Å². The summed E-state index contributed by atoms with van der Waals surface area (Å²) in [5.41, 5.74) is 7.58. The Bertz CT molecular complexity index is 443. The topological polar surface area (TPSA) is 64.5 Å². The number of hydrogen-bond donors (Lipinski definition) is 4. The van der Waals surface area contributed by atoms with Gasteiger partial charge in [-0.2, -0.15) is 0 Å². The molecule has 4 N–H and O–H groups in total. The highest BCUT2D eigenvalue weighted by Crippen LogP contribution is 2.11. The van der Waals surface area contributed by atoms with Crippen LogP contribution < -0.4 is 10.9 Å². The largest absolute Gasteiger partial charge is 0.387 e. The average molecular weight is 272 g/mol. The fraction of sp³-hybridized carbons (Fsp3) is 0.250. The third-order valence-corrected chi connectivity index (χ3v) is 3.08. The lowest BCUT2D eigenvalue weighted by atomic mass is 10.1. The number of rotatable bonds is 7. The molecule has 106 valence electrons. The molecule has 0 amide bonds. The number of hydrogen-bond acceptors (Lipinski definition) is 4. The molecule has 2 atom stereocenters. The molecule has 0 heterocycles. The van der Waals surface area contributed by atoms with Crippen LogP contribution in [0, 0.1) is 0 Å². The maximum Gasteiger partial charge on any atom is 0.0928 e. The van der Waals surface area contributed by atoms with Crippen molar-refractivity contribution in [3.8, 4) is 0 Å². The molecule has 0 saturated carbocycles. The molecular formula is C16H20N2O2. The summed E-state index contributed by atoms with van der Waals surface area (Å²) in [6.07, 6.45) is -1.14. The van der Waals surface area contributed by atoms with E-state index in [9.17, 15) is 10.2 Å². The zero-order chi connectivity index (χ0) is 14.2. The van der Waals surface area contributed by atoms with Gasteiger partial charge in [0.1, 0.15) is 0 Å². The highest BCUT2D eigenvalue weighted by Gasteiger charge is 2.08. The van der Waals surface area contributed by atoms with E-state index in [4.69, 9.17) is 0 Å². The minimum atomic E-state index is -0.572. The second-order valence-corrected chi connectivity index (χ2v) is 4.61. The number of aliphatic hydroxyl groups excluding tert-OH is 2. The van der Waals surface area contributed by atoms with Gasteiger partial charge < -0.3 is 10.2 Å². The van der Waals surface area contributed by atoms with Crippen molar-refractivity contribution in [1.29, 1.82) is 0 Å². The summed E-state index contributed by atoms with van der Waals surface area (Å²) in [6, 6.07) is 18.9. The number of nitrogens with one attached hydrogen (secondary N) is 2. The molecule has 0 aromatic heterocycles. The summed E-state index contributed by atoms with van der Waals surface area (Å²) >= 11 is 0. The fourth-order valence-electron chi connectivity index (χ4n) is 1.92. The van der Waals surface area contributed by atoms with Crippen molar-refractivity contribution in [3.05, 3.63) is 71.8 Å². The molecule has 4 heteroatoms. The van der Waals surface area contributed by atoms with E-state index in [2.05, 4.69) is 10.9 Å². The van der Waals surface area contributed by atoms with Gasteiger partial charge in [0.15, 0.2) is 0 Å². The van der Waals surface area contributed by atoms with Gasteiger partial charge in [-0.25, -0.2) is 0 Å². The molecule has 20 heavy (non-hydrogen) atoms. The zero-order valence-electron chi connectivity index (χ0n) is 11.2. The molecule has 2 rings (SSSR count). The molecule has 4 nitrogen and oxygen atoms in total. The molecule has 0 aliphatic rings. The van der Waals surface area contributed by atoms with Crippen LogP contribution in [-0.4, -0.2) is 23.3 Å². The Morgan fingerprint density at radius 1 is 0.650 bits per heavy atom. The average Bonchev–Trinajstić information content (AvgIpc) is 2.53. The first-order chi connectivity index (χ1) is 9.77. The molecule has 0 spiro atoms. The van der Waals surface area contributed by atoms with Gasteiger partial charge >= 0.3 is 0 Å². The van der Waals surface area contributed by atoms with Crippen molar-refractivity contribution in [2.75, 3.05) is 13.1 Å². The van der Waals surface area contributed by atoms with Crippen molar-refractivity contribution in [1.82, 2.24) is 10.9 Å². The minimum Gasteiger partial charge on any atom is -0.387 e. The second kappa shape index (κ2) is 7.77. The summed E-state index contributed by atoms with van der Waals surface area (Å²) in [6.45, 7) is 0.761. The smallest absolute Gasteiger partial charge is 0.0928 e. The number of hydrazine groups is 1. The van der Waals surface area contributed by atoms with Crippen molar-refractivity contribution in [3.63, 3.8) is 0 Å². The van der Waals surface area contributed by atoms with E-state index >= 15 is 0 Å². The maximum absolute atomic E-state index is 9.94. The monoisotopic (exact) mass is 272 g/mol. The van der Waals surface area contributed by atoms with Crippen molar-refractivity contribution in [2.24, 2.45) is 0 Å². The quantitative estimate of drug-likeness (QED) is 0.456. The summed E-state index contributed by atoms with van der Waals surface area (Å²) in [5, 5.41) is 19.9. The first kappa shape index (κ1) is 14.7. The molecule has 0 aliphatic carbocycles. The Morgan fingerprint density at radius 3 is 1.35 bits per heavy atom. The zero-order valence-corrected chi connectivity index (χ0v) is 11.2. The van der Waals surface area contributed by atoms with E-state index in [1.165, 1.54) is 0 Å². The predicted molar refractivity (Wildman–Crippen MR) is 78.8 cm³/mol. The molecule has 0 bridgehead atoms. The maximum atomic E-state index is 9.94. The first-order valence-corrected chi connectivity index (χ1v) is 6.69. The highest BCUT2D eigenvalue weighted by atomic mass is 16.3. The molecule has 0 fully saturated rings. The first-order valence-electron chi connectivity index (χ1n) is 6.69. The molecular weight excluding hydrogens is 252 g/mol. The standard InChI is InChI=1S/C16H20N2O2/c19-15(13-7-3-1-4-8-13)11-17-18-12-16(20)14-9-5-2-6-10-14/h1-10,15-20H,11-12H2. The number of benzene rings is 2. The Labute approximate surface area is 119 Å². The summed E-state index contributed by atoms with van der Waals surface area (Å²) in [4.78, 5) is 0. The number of aliphatic hydroxyl groups is 2. The molecule has 2 unspecified atom stereocenters. The summed E-state index contributed by atoms with van der Waals surface area (Å²) < 4.78 is 0. The van der Waals surface area contributed by atoms with E-state index < -0.39 is 12.2 Å². The van der Waals surface area contributed by atoms with Gasteiger partial charge in [0.25, 0.3) is 0 Å². The van der Waals surface area contributed by atoms with Gasteiger partial charge in [-0.05, 0) is 11.1 Å². The normalized spacial score (nSPS) is 13.9. The molecule has 2 aromatic carbocycles. The Kier molecular flexibility index (Phi) is 5.70. The third-order valence-electron chi connectivity index (χ3n) is 3.08. The van der Waals surface area contributed by atoms with E-state index in [-0.39, 0.29) is 0 Å². The highest BCUT2D eigenvalue weighted by molar-refractivity contribution is 5.18. The lowest BCUT2D eigenvalue weighted by Crippen LogP contribution is -2.37. The lowest BCUT2D eigenvalue weighted by molar-refractivity contribution is 0.148. The van der Waals surface area contributed by atoms with E-state index in [0.717, 1.165) is 11.1 Å². The van der Waals surface area contributed by atoms with Crippen LogP contribution in [0.1, 0.15) is 23.3 Å². The molecule has 0 radical (unpaired) electrons. The summed E-state index contributed by atoms with van der Waals surface area (Å²) in [7, 11) is 0. The minimum absolute atomic E-state index is 0.380. The van der Waals surface area contributed by atoms with Gasteiger partial charge in [0, 0.05) is 13.1 Å².